The Balaban J connectivity index is 1.68. The van der Waals surface area contributed by atoms with Crippen molar-refractivity contribution < 1.29 is 9.59 Å². The largest absolute Gasteiger partial charge is 0.343 e. The molecule has 2 aromatic carbocycles. The molecule has 0 aromatic heterocycles. The zero-order valence-electron chi connectivity index (χ0n) is 17.3. The Kier molecular flexibility index (Phi) is 5.81. The topological polar surface area (TPSA) is 40.6 Å². The maximum Gasteiger partial charge on any atom is 0.227 e. The molecule has 0 N–H and O–H groups in total. The number of hydrogen-bond acceptors (Lipinski definition) is 3. The number of hydrogen-bond donors (Lipinski definition) is 0. The molecule has 3 aliphatic heterocycles. The van der Waals surface area contributed by atoms with E-state index < -0.39 is 0 Å². The van der Waals surface area contributed by atoms with Crippen LogP contribution in [0.1, 0.15) is 37.3 Å². The number of carbonyl (C=O) groups excluding carboxylic acids is 2. The number of ketones is 1. The van der Waals surface area contributed by atoms with E-state index in [0.717, 1.165) is 24.1 Å². The van der Waals surface area contributed by atoms with Crippen LogP contribution in [0.4, 0.5) is 0 Å². The molecule has 5 rings (SSSR count). The monoisotopic (exact) mass is 390 g/mol. The molecule has 4 nitrogen and oxygen atoms in total. The van der Waals surface area contributed by atoms with E-state index in [1.807, 2.05) is 55.1 Å². The SMILES string of the molecule is CCN(CC)C(=O)[C@H]1CN2CC[C@@H]1C(=O)C2C(c1ccccc1)c1ccccc1. The van der Waals surface area contributed by atoms with Gasteiger partial charge in [0, 0.05) is 31.5 Å². The second-order valence-electron chi connectivity index (χ2n) is 8.15. The van der Waals surface area contributed by atoms with E-state index >= 15 is 0 Å². The molecule has 0 saturated carbocycles. The highest BCUT2D eigenvalue weighted by molar-refractivity contribution is 5.95. The van der Waals surface area contributed by atoms with E-state index in [2.05, 4.69) is 29.2 Å². The molecule has 2 aromatic rings. The van der Waals surface area contributed by atoms with E-state index in [0.29, 0.717) is 19.6 Å². The molecule has 1 amide bonds. The standard InChI is InChI=1S/C25H30N2O2/c1-3-26(4-2)25(29)21-17-27-16-15-20(21)24(28)23(27)22(18-11-7-5-8-12-18)19-13-9-6-10-14-19/h5-14,20-23H,3-4,15-17H2,1-2H3/t20-,21-,23?/m0/s1. The Labute approximate surface area is 173 Å². The number of fused-ring (bicyclic) bond motifs is 3. The van der Waals surface area contributed by atoms with Gasteiger partial charge in [-0.15, -0.1) is 0 Å². The maximum atomic E-state index is 13.7. The molecular weight excluding hydrogens is 360 g/mol. The Morgan fingerprint density at radius 1 is 1.00 bits per heavy atom. The highest BCUT2D eigenvalue weighted by atomic mass is 16.2. The van der Waals surface area contributed by atoms with Crippen molar-refractivity contribution in [3.8, 4) is 0 Å². The number of piperidine rings is 3. The molecule has 152 valence electrons. The smallest absolute Gasteiger partial charge is 0.227 e. The van der Waals surface area contributed by atoms with E-state index in [9.17, 15) is 9.59 Å². The van der Waals surface area contributed by atoms with Gasteiger partial charge < -0.3 is 4.90 Å². The number of rotatable bonds is 6. The predicted octanol–water partition coefficient (Wildman–Crippen LogP) is 3.58. The van der Waals surface area contributed by atoms with Crippen LogP contribution in [0, 0.1) is 11.8 Å². The van der Waals surface area contributed by atoms with Gasteiger partial charge >= 0.3 is 0 Å². The van der Waals surface area contributed by atoms with Crippen molar-refractivity contribution in [1.82, 2.24) is 9.80 Å². The average molecular weight is 391 g/mol. The average Bonchev–Trinajstić information content (AvgIpc) is 2.78. The quantitative estimate of drug-likeness (QED) is 0.757. The summed E-state index contributed by atoms with van der Waals surface area (Å²) in [6, 6.07) is 20.5. The van der Waals surface area contributed by atoms with Gasteiger partial charge in [-0.05, 0) is 37.9 Å². The van der Waals surface area contributed by atoms with Crippen LogP contribution in [-0.2, 0) is 9.59 Å². The Hall–Kier alpha value is -2.46. The van der Waals surface area contributed by atoms with Crippen molar-refractivity contribution in [3.63, 3.8) is 0 Å². The highest BCUT2D eigenvalue weighted by Gasteiger charge is 2.52. The normalized spacial score (nSPS) is 26.0. The van der Waals surface area contributed by atoms with Gasteiger partial charge in [0.15, 0.2) is 5.78 Å². The third-order valence-corrected chi connectivity index (χ3v) is 6.72. The molecular formula is C25H30N2O2. The Bertz CT molecular complexity index is 808. The van der Waals surface area contributed by atoms with Gasteiger partial charge in [0.2, 0.25) is 5.91 Å². The molecule has 3 aliphatic rings. The summed E-state index contributed by atoms with van der Waals surface area (Å²) in [5.41, 5.74) is 2.33. The van der Waals surface area contributed by atoms with Crippen LogP contribution in [0.2, 0.25) is 0 Å². The van der Waals surface area contributed by atoms with Gasteiger partial charge in [-0.25, -0.2) is 0 Å². The molecule has 0 spiro atoms. The Morgan fingerprint density at radius 3 is 2.03 bits per heavy atom. The molecule has 3 saturated heterocycles. The minimum Gasteiger partial charge on any atom is -0.343 e. The second kappa shape index (κ2) is 8.50. The molecule has 0 aliphatic carbocycles. The lowest BCUT2D eigenvalue weighted by molar-refractivity contribution is -0.154. The molecule has 29 heavy (non-hydrogen) atoms. The zero-order chi connectivity index (χ0) is 20.4. The number of Topliss-reactive ketones (excluding diaryl/α,β-unsaturated/α-hetero) is 1. The molecule has 4 atom stereocenters. The fourth-order valence-electron chi connectivity index (χ4n) is 5.24. The zero-order valence-corrected chi connectivity index (χ0v) is 17.3. The van der Waals surface area contributed by atoms with Gasteiger partial charge in [0.05, 0.1) is 12.0 Å². The maximum absolute atomic E-state index is 13.7. The first-order valence-electron chi connectivity index (χ1n) is 10.8. The summed E-state index contributed by atoms with van der Waals surface area (Å²) in [7, 11) is 0. The van der Waals surface area contributed by atoms with E-state index in [4.69, 9.17) is 0 Å². The number of amides is 1. The Morgan fingerprint density at radius 2 is 1.55 bits per heavy atom. The third kappa shape index (κ3) is 3.62. The summed E-state index contributed by atoms with van der Waals surface area (Å²) in [6.45, 7) is 6.99. The minimum absolute atomic E-state index is 0.00259. The summed E-state index contributed by atoms with van der Waals surface area (Å²) in [6.07, 6.45) is 0.795. The van der Waals surface area contributed by atoms with Crippen molar-refractivity contribution >= 4 is 11.7 Å². The summed E-state index contributed by atoms with van der Waals surface area (Å²) in [5, 5.41) is 0. The predicted molar refractivity (Wildman–Crippen MR) is 115 cm³/mol. The van der Waals surface area contributed by atoms with E-state index in [1.54, 1.807) is 0 Å². The van der Waals surface area contributed by atoms with E-state index in [1.165, 1.54) is 0 Å². The molecule has 2 unspecified atom stereocenters. The molecule has 3 fully saturated rings. The van der Waals surface area contributed by atoms with Crippen molar-refractivity contribution in [1.29, 1.82) is 0 Å². The van der Waals surface area contributed by atoms with Crippen molar-refractivity contribution in [3.05, 3.63) is 71.8 Å². The first-order chi connectivity index (χ1) is 14.2. The molecule has 0 radical (unpaired) electrons. The fourth-order valence-corrected chi connectivity index (χ4v) is 5.24. The molecule has 4 heteroatoms. The second-order valence-corrected chi connectivity index (χ2v) is 8.15. The van der Waals surface area contributed by atoms with Gasteiger partial charge in [0.1, 0.15) is 0 Å². The minimum atomic E-state index is -0.195. The third-order valence-electron chi connectivity index (χ3n) is 6.72. The van der Waals surface area contributed by atoms with Gasteiger partial charge in [-0.3, -0.25) is 14.5 Å². The van der Waals surface area contributed by atoms with Crippen LogP contribution >= 0.6 is 0 Å². The molecule has 2 bridgehead atoms. The summed E-state index contributed by atoms with van der Waals surface area (Å²) < 4.78 is 0. The van der Waals surface area contributed by atoms with Crippen molar-refractivity contribution in [2.24, 2.45) is 11.8 Å². The lowest BCUT2D eigenvalue weighted by Crippen LogP contribution is -2.64. The summed E-state index contributed by atoms with van der Waals surface area (Å²) in [4.78, 5) is 30.9. The van der Waals surface area contributed by atoms with Crippen molar-refractivity contribution in [2.75, 3.05) is 26.2 Å². The van der Waals surface area contributed by atoms with Crippen LogP contribution in [0.5, 0.6) is 0 Å². The fraction of sp³-hybridized carbons (Fsp3) is 0.440. The van der Waals surface area contributed by atoms with Crippen LogP contribution < -0.4 is 0 Å². The number of carbonyl (C=O) groups is 2. The van der Waals surface area contributed by atoms with Crippen LogP contribution in [0.3, 0.4) is 0 Å². The number of benzene rings is 2. The first-order valence-corrected chi connectivity index (χ1v) is 10.8. The van der Waals surface area contributed by atoms with Gasteiger partial charge in [0.25, 0.3) is 0 Å². The summed E-state index contributed by atoms with van der Waals surface area (Å²) >= 11 is 0. The first kappa shape index (κ1) is 19.8. The van der Waals surface area contributed by atoms with Crippen molar-refractivity contribution in [2.45, 2.75) is 32.2 Å². The highest BCUT2D eigenvalue weighted by Crippen LogP contribution is 2.42. The van der Waals surface area contributed by atoms with Crippen LogP contribution in [0.15, 0.2) is 60.7 Å². The molecule has 3 heterocycles. The van der Waals surface area contributed by atoms with E-state index in [-0.39, 0.29) is 35.5 Å². The summed E-state index contributed by atoms with van der Waals surface area (Å²) in [5.74, 6) is 0.0306. The van der Waals surface area contributed by atoms with Crippen LogP contribution in [-0.4, -0.2) is 53.7 Å². The lowest BCUT2D eigenvalue weighted by atomic mass is 9.68. The lowest BCUT2D eigenvalue weighted by Gasteiger charge is -2.51. The van der Waals surface area contributed by atoms with Crippen LogP contribution in [0.25, 0.3) is 0 Å². The number of nitrogens with zero attached hydrogens (tertiary/aromatic N) is 2. The van der Waals surface area contributed by atoms with Gasteiger partial charge in [-0.1, -0.05) is 60.7 Å². The van der Waals surface area contributed by atoms with Gasteiger partial charge in [-0.2, -0.15) is 0 Å².